The van der Waals surface area contributed by atoms with Crippen molar-refractivity contribution >= 4 is 0 Å². The predicted molar refractivity (Wildman–Crippen MR) is 48.7 cm³/mol. The second-order valence-corrected chi connectivity index (χ2v) is 2.75. The van der Waals surface area contributed by atoms with Gasteiger partial charge < -0.3 is 10.1 Å². The Kier molecular flexibility index (Phi) is 6.18. The minimum absolute atomic E-state index is 0.353. The van der Waals surface area contributed by atoms with E-state index in [0.29, 0.717) is 12.1 Å². The molecule has 66 valence electrons. The number of nitrogens with one attached hydrogen (secondary N) is 1. The average Bonchev–Trinajstić information content (AvgIpc) is 2.06. The van der Waals surface area contributed by atoms with Gasteiger partial charge in [0, 0.05) is 13.2 Å². The highest BCUT2D eigenvalue weighted by Gasteiger charge is 2.03. The fourth-order valence-electron chi connectivity index (χ4n) is 0.912. The number of hydrogen-bond donors (Lipinski definition) is 1. The molecule has 2 nitrogen and oxygen atoms in total. The number of hydrogen-bond acceptors (Lipinski definition) is 2. The van der Waals surface area contributed by atoms with Crippen LogP contribution in [0.3, 0.4) is 0 Å². The molecule has 0 aliphatic carbocycles. The first-order valence-electron chi connectivity index (χ1n) is 4.07. The van der Waals surface area contributed by atoms with Crippen molar-refractivity contribution in [1.82, 2.24) is 5.32 Å². The van der Waals surface area contributed by atoms with Crippen LogP contribution in [0.4, 0.5) is 0 Å². The van der Waals surface area contributed by atoms with Gasteiger partial charge in [-0.15, -0.1) is 6.58 Å². The van der Waals surface area contributed by atoms with Crippen LogP contribution in [0.5, 0.6) is 0 Å². The maximum atomic E-state index is 5.13. The third kappa shape index (κ3) is 4.99. The first-order valence-corrected chi connectivity index (χ1v) is 4.07. The molecule has 0 aromatic rings. The van der Waals surface area contributed by atoms with Gasteiger partial charge in [0.1, 0.15) is 0 Å². The van der Waals surface area contributed by atoms with E-state index < -0.39 is 0 Å². The number of rotatable bonds is 6. The second-order valence-electron chi connectivity index (χ2n) is 2.75. The van der Waals surface area contributed by atoms with Crippen LogP contribution in [0.15, 0.2) is 12.7 Å². The van der Waals surface area contributed by atoms with E-state index in [0.717, 1.165) is 12.8 Å². The van der Waals surface area contributed by atoms with Crippen LogP contribution in [0.2, 0.25) is 0 Å². The van der Waals surface area contributed by atoms with E-state index in [1.807, 2.05) is 13.1 Å². The summed E-state index contributed by atoms with van der Waals surface area (Å²) in [5.74, 6) is 0. The Labute approximate surface area is 69.6 Å². The molecule has 0 heterocycles. The van der Waals surface area contributed by atoms with Crippen molar-refractivity contribution in [1.29, 1.82) is 0 Å². The van der Waals surface area contributed by atoms with Crippen LogP contribution < -0.4 is 5.32 Å². The van der Waals surface area contributed by atoms with Crippen molar-refractivity contribution in [3.8, 4) is 0 Å². The Bertz CT molecular complexity index is 104. The highest BCUT2D eigenvalue weighted by molar-refractivity contribution is 4.84. The average molecular weight is 157 g/mol. The van der Waals surface area contributed by atoms with Crippen molar-refractivity contribution in [2.24, 2.45) is 0 Å². The Hall–Kier alpha value is -0.340. The van der Waals surface area contributed by atoms with E-state index in [1.54, 1.807) is 7.11 Å². The van der Waals surface area contributed by atoms with Gasteiger partial charge in [-0.1, -0.05) is 6.08 Å². The van der Waals surface area contributed by atoms with Gasteiger partial charge >= 0.3 is 0 Å². The van der Waals surface area contributed by atoms with E-state index in [-0.39, 0.29) is 0 Å². The summed E-state index contributed by atoms with van der Waals surface area (Å²) in [6.07, 6.45) is 4.46. The second kappa shape index (κ2) is 6.38. The lowest BCUT2D eigenvalue weighted by atomic mass is 10.1. The normalized spacial score (nSPS) is 15.9. The van der Waals surface area contributed by atoms with Crippen LogP contribution in [0.1, 0.15) is 19.8 Å². The fraction of sp³-hybridized carbons (Fsp3) is 0.778. The highest BCUT2D eigenvalue weighted by atomic mass is 16.5. The maximum Gasteiger partial charge on any atom is 0.0543 e. The first-order chi connectivity index (χ1) is 5.24. The van der Waals surface area contributed by atoms with Gasteiger partial charge in [0.05, 0.1) is 6.10 Å². The highest BCUT2D eigenvalue weighted by Crippen LogP contribution is 2.03. The quantitative estimate of drug-likeness (QED) is 0.591. The lowest BCUT2D eigenvalue weighted by Gasteiger charge is -2.14. The topological polar surface area (TPSA) is 21.3 Å². The van der Waals surface area contributed by atoms with Crippen LogP contribution in [0, 0.1) is 0 Å². The molecule has 0 rings (SSSR count). The third-order valence-corrected chi connectivity index (χ3v) is 1.94. The lowest BCUT2D eigenvalue weighted by molar-refractivity contribution is 0.107. The lowest BCUT2D eigenvalue weighted by Crippen LogP contribution is -2.23. The largest absolute Gasteiger partial charge is 0.382 e. The molecule has 0 aliphatic rings. The van der Waals surface area contributed by atoms with Gasteiger partial charge in [0.15, 0.2) is 0 Å². The van der Waals surface area contributed by atoms with E-state index in [1.165, 1.54) is 0 Å². The van der Waals surface area contributed by atoms with Crippen molar-refractivity contribution < 1.29 is 4.74 Å². The Morgan fingerprint density at radius 3 is 2.55 bits per heavy atom. The minimum atomic E-state index is 0.353. The molecule has 0 amide bonds. The van der Waals surface area contributed by atoms with Gasteiger partial charge in [-0.2, -0.15) is 0 Å². The molecule has 0 bridgehead atoms. The SMILES string of the molecule is C=CC(CCC(C)OC)NC. The third-order valence-electron chi connectivity index (χ3n) is 1.94. The summed E-state index contributed by atoms with van der Waals surface area (Å²) in [5.41, 5.74) is 0. The van der Waals surface area contributed by atoms with Gasteiger partial charge in [-0.25, -0.2) is 0 Å². The summed E-state index contributed by atoms with van der Waals surface area (Å²) >= 11 is 0. The summed E-state index contributed by atoms with van der Waals surface area (Å²) < 4.78 is 5.13. The van der Waals surface area contributed by atoms with Gasteiger partial charge in [0.25, 0.3) is 0 Å². The van der Waals surface area contributed by atoms with Crippen LogP contribution >= 0.6 is 0 Å². The molecule has 0 aromatic heterocycles. The summed E-state index contributed by atoms with van der Waals surface area (Å²) in [6.45, 7) is 5.81. The summed E-state index contributed by atoms with van der Waals surface area (Å²) in [5, 5.41) is 3.16. The Morgan fingerprint density at radius 2 is 2.18 bits per heavy atom. The zero-order chi connectivity index (χ0) is 8.69. The zero-order valence-electron chi connectivity index (χ0n) is 7.76. The molecular weight excluding hydrogens is 138 g/mol. The van der Waals surface area contributed by atoms with Crippen molar-refractivity contribution in [2.75, 3.05) is 14.2 Å². The fourth-order valence-corrected chi connectivity index (χ4v) is 0.912. The van der Waals surface area contributed by atoms with E-state index in [9.17, 15) is 0 Å². The van der Waals surface area contributed by atoms with Crippen LogP contribution in [-0.4, -0.2) is 26.3 Å². The zero-order valence-corrected chi connectivity index (χ0v) is 7.76. The molecule has 2 atom stereocenters. The van der Waals surface area contributed by atoms with Crippen LogP contribution in [0.25, 0.3) is 0 Å². The number of methoxy groups -OCH3 is 1. The van der Waals surface area contributed by atoms with Crippen LogP contribution in [-0.2, 0) is 4.74 Å². The molecule has 0 saturated carbocycles. The monoisotopic (exact) mass is 157 g/mol. The molecule has 2 unspecified atom stereocenters. The van der Waals surface area contributed by atoms with Crippen molar-refractivity contribution in [2.45, 2.75) is 31.9 Å². The molecule has 1 N–H and O–H groups in total. The van der Waals surface area contributed by atoms with E-state index >= 15 is 0 Å². The summed E-state index contributed by atoms with van der Waals surface area (Å²) in [6, 6.07) is 0.424. The molecule has 0 saturated heterocycles. The Morgan fingerprint density at radius 1 is 1.55 bits per heavy atom. The number of ether oxygens (including phenoxy) is 1. The number of likely N-dealkylation sites (N-methyl/N-ethyl adjacent to an activating group) is 1. The van der Waals surface area contributed by atoms with Crippen molar-refractivity contribution in [3.05, 3.63) is 12.7 Å². The van der Waals surface area contributed by atoms with E-state index in [2.05, 4.69) is 18.8 Å². The molecule has 11 heavy (non-hydrogen) atoms. The van der Waals surface area contributed by atoms with E-state index in [4.69, 9.17) is 4.74 Å². The first kappa shape index (κ1) is 10.7. The predicted octanol–water partition coefficient (Wildman–Crippen LogP) is 1.58. The molecule has 2 heteroatoms. The standard InChI is InChI=1S/C9H19NO/c1-5-9(10-3)7-6-8(2)11-4/h5,8-10H,1,6-7H2,2-4H3. The molecule has 0 fully saturated rings. The summed E-state index contributed by atoms with van der Waals surface area (Å²) in [7, 11) is 3.69. The molecule has 0 aromatic carbocycles. The molecule has 0 radical (unpaired) electrons. The minimum Gasteiger partial charge on any atom is -0.382 e. The summed E-state index contributed by atoms with van der Waals surface area (Å²) in [4.78, 5) is 0. The molecular formula is C9H19NO. The van der Waals surface area contributed by atoms with Gasteiger partial charge in [-0.3, -0.25) is 0 Å². The van der Waals surface area contributed by atoms with Crippen molar-refractivity contribution in [3.63, 3.8) is 0 Å². The molecule has 0 aliphatic heterocycles. The maximum absolute atomic E-state index is 5.13. The molecule has 0 spiro atoms. The van der Waals surface area contributed by atoms with Gasteiger partial charge in [0.2, 0.25) is 0 Å². The Balaban J connectivity index is 3.41. The van der Waals surface area contributed by atoms with Gasteiger partial charge in [-0.05, 0) is 26.8 Å². The smallest absolute Gasteiger partial charge is 0.0543 e.